The van der Waals surface area contributed by atoms with Crippen LogP contribution in [0.3, 0.4) is 0 Å². The van der Waals surface area contributed by atoms with Gasteiger partial charge in [0.15, 0.2) is 0 Å². The fraction of sp³-hybridized carbons (Fsp3) is 0.533. The summed E-state index contributed by atoms with van der Waals surface area (Å²) in [5, 5.41) is 5.77. The van der Waals surface area contributed by atoms with Gasteiger partial charge in [-0.05, 0) is 50.2 Å². The van der Waals surface area contributed by atoms with E-state index in [-0.39, 0.29) is 6.03 Å². The van der Waals surface area contributed by atoms with Gasteiger partial charge in [-0.2, -0.15) is 0 Å². The number of benzene rings is 1. The molecular formula is C15H23N3O2. The molecule has 0 radical (unpaired) electrons. The van der Waals surface area contributed by atoms with E-state index in [9.17, 15) is 4.79 Å². The molecule has 2 N–H and O–H groups in total. The zero-order chi connectivity index (χ0) is 14.4. The molecule has 5 heteroatoms. The monoisotopic (exact) mass is 277 g/mol. The van der Waals surface area contributed by atoms with Crippen molar-refractivity contribution in [1.82, 2.24) is 10.2 Å². The van der Waals surface area contributed by atoms with Crippen LogP contribution in [-0.2, 0) is 0 Å². The van der Waals surface area contributed by atoms with Crippen molar-refractivity contribution in [3.63, 3.8) is 0 Å². The Bertz CT molecular complexity index is 433. The number of urea groups is 1. The van der Waals surface area contributed by atoms with Crippen LogP contribution in [0.1, 0.15) is 19.8 Å². The quantitative estimate of drug-likeness (QED) is 0.868. The van der Waals surface area contributed by atoms with E-state index in [1.807, 2.05) is 24.3 Å². The van der Waals surface area contributed by atoms with Gasteiger partial charge in [-0.3, -0.25) is 4.90 Å². The Hall–Kier alpha value is -1.75. The minimum atomic E-state index is -0.155. The van der Waals surface area contributed by atoms with Crippen molar-refractivity contribution in [3.05, 3.63) is 24.3 Å². The second-order valence-electron chi connectivity index (χ2n) is 4.99. The molecule has 0 aliphatic carbocycles. The zero-order valence-electron chi connectivity index (χ0n) is 12.2. The zero-order valence-corrected chi connectivity index (χ0v) is 12.2. The van der Waals surface area contributed by atoms with Gasteiger partial charge < -0.3 is 15.4 Å². The van der Waals surface area contributed by atoms with Crippen LogP contribution in [0, 0.1) is 0 Å². The first kappa shape index (κ1) is 14.7. The average molecular weight is 277 g/mol. The Morgan fingerprint density at radius 1 is 1.40 bits per heavy atom. The summed E-state index contributed by atoms with van der Waals surface area (Å²) in [6, 6.07) is 7.62. The molecule has 0 unspecified atom stereocenters. The first-order chi connectivity index (χ1) is 9.72. The number of rotatable bonds is 5. The number of anilines is 1. The lowest BCUT2D eigenvalue weighted by Gasteiger charge is -2.22. The van der Waals surface area contributed by atoms with E-state index < -0.39 is 0 Å². The third-order valence-corrected chi connectivity index (χ3v) is 3.75. The van der Waals surface area contributed by atoms with Crippen LogP contribution in [0.4, 0.5) is 10.5 Å². The molecule has 1 aromatic carbocycles. The number of hydrogen-bond acceptors (Lipinski definition) is 3. The number of ether oxygens (including phenoxy) is 1. The molecule has 110 valence electrons. The Balaban J connectivity index is 1.77. The third kappa shape index (κ3) is 3.87. The molecule has 1 aliphatic rings. The number of likely N-dealkylation sites (N-methyl/N-ethyl adjacent to an activating group) is 1. The number of carbonyl (C=O) groups excluding carboxylic acids is 1. The number of carbonyl (C=O) groups is 1. The van der Waals surface area contributed by atoms with E-state index in [4.69, 9.17) is 4.74 Å². The van der Waals surface area contributed by atoms with Crippen LogP contribution in [0.5, 0.6) is 5.75 Å². The second kappa shape index (κ2) is 7.14. The summed E-state index contributed by atoms with van der Waals surface area (Å²) in [6.45, 7) is 5.06. The summed E-state index contributed by atoms with van der Waals surface area (Å²) >= 11 is 0. The van der Waals surface area contributed by atoms with Crippen LogP contribution >= 0.6 is 0 Å². The van der Waals surface area contributed by atoms with E-state index in [0.29, 0.717) is 12.6 Å². The number of methoxy groups -OCH3 is 1. The Kier molecular flexibility index (Phi) is 5.24. The average Bonchev–Trinajstić information content (AvgIpc) is 2.93. The standard InChI is InChI=1S/C15H23N3O2/c1-3-18-10-4-5-13(18)11-16-15(19)17-12-6-8-14(20-2)9-7-12/h6-9,13H,3-5,10-11H2,1-2H3,(H2,16,17,19)/t13-/m1/s1. The first-order valence-corrected chi connectivity index (χ1v) is 7.16. The molecule has 20 heavy (non-hydrogen) atoms. The van der Waals surface area contributed by atoms with Gasteiger partial charge in [0.05, 0.1) is 7.11 Å². The largest absolute Gasteiger partial charge is 0.497 e. The van der Waals surface area contributed by atoms with Gasteiger partial charge in [-0.25, -0.2) is 4.79 Å². The van der Waals surface area contributed by atoms with Gasteiger partial charge in [-0.1, -0.05) is 6.92 Å². The molecule has 1 aromatic rings. The SMILES string of the molecule is CCN1CCC[C@@H]1CNC(=O)Nc1ccc(OC)cc1. The highest BCUT2D eigenvalue weighted by molar-refractivity contribution is 5.89. The lowest BCUT2D eigenvalue weighted by molar-refractivity contribution is 0.238. The first-order valence-electron chi connectivity index (χ1n) is 7.16. The van der Waals surface area contributed by atoms with Crippen molar-refractivity contribution < 1.29 is 9.53 Å². The molecule has 0 aromatic heterocycles. The van der Waals surface area contributed by atoms with Crippen molar-refractivity contribution in [3.8, 4) is 5.75 Å². The van der Waals surface area contributed by atoms with Crippen molar-refractivity contribution >= 4 is 11.7 Å². The van der Waals surface area contributed by atoms with Crippen LogP contribution in [0.25, 0.3) is 0 Å². The van der Waals surface area contributed by atoms with E-state index >= 15 is 0 Å². The van der Waals surface area contributed by atoms with Gasteiger partial charge in [0.25, 0.3) is 0 Å². The topological polar surface area (TPSA) is 53.6 Å². The summed E-state index contributed by atoms with van der Waals surface area (Å²) in [5.41, 5.74) is 0.766. The maximum Gasteiger partial charge on any atom is 0.319 e. The normalized spacial score (nSPS) is 18.8. The Morgan fingerprint density at radius 2 is 2.15 bits per heavy atom. The third-order valence-electron chi connectivity index (χ3n) is 3.75. The number of hydrogen-bond donors (Lipinski definition) is 2. The van der Waals surface area contributed by atoms with E-state index in [1.54, 1.807) is 7.11 Å². The summed E-state index contributed by atoms with van der Waals surface area (Å²) in [5.74, 6) is 0.778. The fourth-order valence-corrected chi connectivity index (χ4v) is 2.60. The second-order valence-corrected chi connectivity index (χ2v) is 4.99. The minimum absolute atomic E-state index is 0.155. The molecule has 5 nitrogen and oxygen atoms in total. The number of nitrogens with zero attached hydrogens (tertiary/aromatic N) is 1. The van der Waals surface area contributed by atoms with Crippen LogP contribution < -0.4 is 15.4 Å². The number of amides is 2. The van der Waals surface area contributed by atoms with Gasteiger partial charge >= 0.3 is 6.03 Å². The van der Waals surface area contributed by atoms with Crippen LogP contribution in [0.2, 0.25) is 0 Å². The Morgan fingerprint density at radius 3 is 2.80 bits per heavy atom. The van der Waals surface area contributed by atoms with Gasteiger partial charge in [0, 0.05) is 18.3 Å². The predicted octanol–water partition coefficient (Wildman–Crippen LogP) is 2.30. The minimum Gasteiger partial charge on any atom is -0.497 e. The van der Waals surface area contributed by atoms with Crippen molar-refractivity contribution in [2.24, 2.45) is 0 Å². The smallest absolute Gasteiger partial charge is 0.319 e. The van der Waals surface area contributed by atoms with Crippen LogP contribution in [-0.4, -0.2) is 43.7 Å². The summed E-state index contributed by atoms with van der Waals surface area (Å²) < 4.78 is 5.08. The molecule has 1 aliphatic heterocycles. The predicted molar refractivity (Wildman–Crippen MR) is 80.3 cm³/mol. The Labute approximate surface area is 120 Å². The molecule has 1 atom stereocenters. The summed E-state index contributed by atoms with van der Waals surface area (Å²) in [4.78, 5) is 14.3. The maximum atomic E-state index is 11.8. The van der Waals surface area contributed by atoms with Crippen LogP contribution in [0.15, 0.2) is 24.3 Å². The van der Waals surface area contributed by atoms with Crippen molar-refractivity contribution in [2.45, 2.75) is 25.8 Å². The highest BCUT2D eigenvalue weighted by Crippen LogP contribution is 2.16. The van der Waals surface area contributed by atoms with E-state index in [2.05, 4.69) is 22.5 Å². The highest BCUT2D eigenvalue weighted by atomic mass is 16.5. The number of likely N-dealkylation sites (tertiary alicyclic amines) is 1. The van der Waals surface area contributed by atoms with E-state index in [0.717, 1.165) is 30.9 Å². The van der Waals surface area contributed by atoms with Gasteiger partial charge in [0.1, 0.15) is 5.75 Å². The maximum absolute atomic E-state index is 11.8. The highest BCUT2D eigenvalue weighted by Gasteiger charge is 2.22. The van der Waals surface area contributed by atoms with Crippen molar-refractivity contribution in [2.75, 3.05) is 32.1 Å². The molecule has 1 saturated heterocycles. The molecular weight excluding hydrogens is 254 g/mol. The number of nitrogens with one attached hydrogen (secondary N) is 2. The molecule has 2 rings (SSSR count). The van der Waals surface area contributed by atoms with Crippen molar-refractivity contribution in [1.29, 1.82) is 0 Å². The lowest BCUT2D eigenvalue weighted by Crippen LogP contribution is -2.41. The molecule has 1 fully saturated rings. The lowest BCUT2D eigenvalue weighted by atomic mass is 10.2. The van der Waals surface area contributed by atoms with Gasteiger partial charge in [-0.15, -0.1) is 0 Å². The summed E-state index contributed by atoms with van der Waals surface area (Å²) in [6.07, 6.45) is 2.39. The molecule has 0 bridgehead atoms. The molecule has 2 amide bonds. The fourth-order valence-electron chi connectivity index (χ4n) is 2.60. The van der Waals surface area contributed by atoms with Gasteiger partial charge in [0.2, 0.25) is 0 Å². The molecule has 0 spiro atoms. The molecule has 0 saturated carbocycles. The molecule has 1 heterocycles. The summed E-state index contributed by atoms with van der Waals surface area (Å²) in [7, 11) is 1.62. The van der Waals surface area contributed by atoms with E-state index in [1.165, 1.54) is 6.42 Å².